The van der Waals surface area contributed by atoms with Crippen molar-refractivity contribution >= 4 is 56.7 Å². The molecule has 0 radical (unpaired) electrons. The van der Waals surface area contributed by atoms with Gasteiger partial charge in [-0.25, -0.2) is 18.2 Å². The molecule has 3 heterocycles. The largest absolute Gasteiger partial charge is 0.491 e. The van der Waals surface area contributed by atoms with Crippen LogP contribution in [0.2, 0.25) is 0 Å². The summed E-state index contributed by atoms with van der Waals surface area (Å²) in [4.78, 5) is 76.6. The van der Waals surface area contributed by atoms with Gasteiger partial charge in [0.1, 0.15) is 18.6 Å². The van der Waals surface area contributed by atoms with E-state index in [1.165, 1.54) is 46.1 Å². The van der Waals surface area contributed by atoms with E-state index >= 15 is 0 Å². The monoisotopic (exact) mass is 939 g/mol. The van der Waals surface area contributed by atoms with Gasteiger partial charge in [0.25, 0.3) is 17.7 Å². The van der Waals surface area contributed by atoms with Crippen LogP contribution in [0, 0.1) is 0 Å². The average Bonchev–Trinajstić information content (AvgIpc) is 3.94. The lowest BCUT2D eigenvalue weighted by Gasteiger charge is -2.54. The normalized spacial score (nSPS) is 16.3. The SMILES string of the molecule is C=CC(=O)N1C(C)(C)CC(OC(=O)C(CCC)OCNS(=O)(=O)c2ccc(OCCCC)c(NC(=O)C(C(=O)N3CCc4ccccc43)n3ccnc3C(=O)Nc3ccccc3)c2)CC1(C)C. The molecule has 2 unspecified atom stereocenters. The lowest BCUT2D eigenvalue weighted by molar-refractivity contribution is -0.175. The molecule has 2 aliphatic heterocycles. The van der Waals surface area contributed by atoms with Crippen LogP contribution in [-0.4, -0.2) is 95.6 Å². The molecule has 4 aromatic rings. The van der Waals surface area contributed by atoms with E-state index < -0.39 is 69.8 Å². The van der Waals surface area contributed by atoms with Crippen molar-refractivity contribution in [2.45, 2.75) is 121 Å². The van der Waals surface area contributed by atoms with Crippen LogP contribution in [-0.2, 0) is 45.1 Å². The highest BCUT2D eigenvalue weighted by molar-refractivity contribution is 7.89. The number of hydrogen-bond acceptors (Lipinski definition) is 11. The summed E-state index contributed by atoms with van der Waals surface area (Å²) in [7, 11) is -4.37. The Labute approximate surface area is 392 Å². The quantitative estimate of drug-likeness (QED) is 0.0277. The van der Waals surface area contributed by atoms with Gasteiger partial charge in [-0.05, 0) is 95.0 Å². The van der Waals surface area contributed by atoms with Crippen LogP contribution in [0.4, 0.5) is 17.1 Å². The Morgan fingerprint density at radius 1 is 0.925 bits per heavy atom. The summed E-state index contributed by atoms with van der Waals surface area (Å²) in [5.74, 6) is -3.15. The number of piperidine rings is 1. The van der Waals surface area contributed by atoms with E-state index in [2.05, 4.69) is 26.9 Å². The molecule has 1 aromatic heterocycles. The van der Waals surface area contributed by atoms with Gasteiger partial charge in [-0.15, -0.1) is 0 Å². The van der Waals surface area contributed by atoms with Crippen LogP contribution >= 0.6 is 0 Å². The molecular formula is C49H61N7O10S. The Bertz CT molecular complexity index is 2540. The number of unbranched alkanes of at least 4 members (excludes halogenated alkanes) is 1. The first-order chi connectivity index (χ1) is 31.9. The number of carbonyl (C=O) groups is 5. The maximum Gasteiger partial charge on any atom is 0.335 e. The van der Waals surface area contributed by atoms with E-state index in [9.17, 15) is 32.4 Å². The molecular weight excluding hydrogens is 879 g/mol. The van der Waals surface area contributed by atoms with Gasteiger partial charge in [0, 0.05) is 54.2 Å². The first-order valence-electron chi connectivity index (χ1n) is 22.6. The zero-order valence-electron chi connectivity index (χ0n) is 39.0. The molecule has 2 aliphatic rings. The summed E-state index contributed by atoms with van der Waals surface area (Å²) in [6.45, 7) is 15.0. The number of aromatic nitrogens is 2. The fourth-order valence-corrected chi connectivity index (χ4v) is 9.84. The zero-order chi connectivity index (χ0) is 48.5. The highest BCUT2D eigenvalue weighted by Gasteiger charge is 2.48. The Balaban J connectivity index is 1.23. The number of fused-ring (bicyclic) bond motifs is 1. The van der Waals surface area contributed by atoms with E-state index in [0.29, 0.717) is 43.5 Å². The molecule has 4 amide bonds. The van der Waals surface area contributed by atoms with E-state index in [4.69, 9.17) is 14.2 Å². The fraction of sp³-hybridized carbons (Fsp3) is 0.429. The number of ether oxygens (including phenoxy) is 3. The van der Waals surface area contributed by atoms with Crippen LogP contribution in [0.5, 0.6) is 5.75 Å². The molecule has 18 heteroatoms. The summed E-state index contributed by atoms with van der Waals surface area (Å²) < 4.78 is 49.2. The number of nitrogens with zero attached hydrogens (tertiary/aromatic N) is 4. The average molecular weight is 940 g/mol. The minimum atomic E-state index is -4.37. The zero-order valence-corrected chi connectivity index (χ0v) is 39.8. The predicted molar refractivity (Wildman–Crippen MR) is 253 cm³/mol. The number of amides is 4. The molecule has 0 spiro atoms. The maximum atomic E-state index is 14.7. The summed E-state index contributed by atoms with van der Waals surface area (Å²) >= 11 is 0. The van der Waals surface area contributed by atoms with Crippen LogP contribution in [0.15, 0.2) is 103 Å². The van der Waals surface area contributed by atoms with Gasteiger partial charge in [0.05, 0.1) is 17.2 Å². The molecule has 0 bridgehead atoms. The number of likely N-dealkylation sites (tertiary alicyclic amines) is 1. The van der Waals surface area contributed by atoms with Gasteiger partial charge in [0.15, 0.2) is 18.0 Å². The Morgan fingerprint density at radius 2 is 1.63 bits per heavy atom. The molecule has 358 valence electrons. The van der Waals surface area contributed by atoms with Crippen molar-refractivity contribution in [3.8, 4) is 5.75 Å². The van der Waals surface area contributed by atoms with E-state index in [1.54, 1.807) is 47.4 Å². The second-order valence-corrected chi connectivity index (χ2v) is 19.6. The minimum absolute atomic E-state index is 0.0564. The standard InChI is InChI=1S/C49H61N7O10S/c1-8-11-28-64-39-23-22-36(67(62,63)51-32-65-40(17-9-2)47(61)66-35-30-48(4,5)56(41(57)10-3)49(6,7)31-35)29-37(39)53-44(58)42(46(60)54-26-24-33-18-15-16-21-38(33)54)55-27-25-50-43(55)45(59)52-34-19-13-12-14-20-34/h10,12-16,18-23,25,27,29,35,40,42,51H,3,8-9,11,17,24,26,28,30-32H2,1-2,4-7H3,(H,52,59)(H,53,58). The van der Waals surface area contributed by atoms with Gasteiger partial charge in [0.2, 0.25) is 15.9 Å². The third-order valence-electron chi connectivity index (χ3n) is 11.8. The number of carbonyl (C=O) groups excluding carboxylic acids is 5. The number of esters is 1. The summed E-state index contributed by atoms with van der Waals surface area (Å²) in [6, 6.07) is 18.2. The highest BCUT2D eigenvalue weighted by atomic mass is 32.2. The third-order valence-corrected chi connectivity index (χ3v) is 13.2. The van der Waals surface area contributed by atoms with Crippen LogP contribution in [0.1, 0.15) is 102 Å². The molecule has 1 saturated heterocycles. The first kappa shape index (κ1) is 50.1. The molecule has 1 fully saturated rings. The summed E-state index contributed by atoms with van der Waals surface area (Å²) in [5, 5.41) is 5.51. The van der Waals surface area contributed by atoms with Gasteiger partial charge < -0.3 is 39.2 Å². The number of nitrogens with one attached hydrogen (secondary N) is 3. The van der Waals surface area contributed by atoms with Crippen LogP contribution < -0.4 is 25.0 Å². The smallest absolute Gasteiger partial charge is 0.335 e. The van der Waals surface area contributed by atoms with Crippen molar-refractivity contribution in [3.63, 3.8) is 0 Å². The van der Waals surface area contributed by atoms with Crippen molar-refractivity contribution in [3.05, 3.63) is 109 Å². The molecule has 3 N–H and O–H groups in total. The van der Waals surface area contributed by atoms with Crippen LogP contribution in [0.3, 0.4) is 0 Å². The second kappa shape index (κ2) is 21.5. The van der Waals surface area contributed by atoms with Crippen molar-refractivity contribution in [2.24, 2.45) is 0 Å². The number of sulfonamides is 1. The molecule has 17 nitrogen and oxygen atoms in total. The van der Waals surface area contributed by atoms with Crippen molar-refractivity contribution in [1.82, 2.24) is 19.2 Å². The number of rotatable bonds is 20. The highest BCUT2D eigenvalue weighted by Crippen LogP contribution is 2.40. The van der Waals surface area contributed by atoms with Gasteiger partial charge >= 0.3 is 5.97 Å². The number of benzene rings is 3. The number of anilines is 3. The first-order valence-corrected chi connectivity index (χ1v) is 24.0. The number of para-hydroxylation sites is 2. The van der Waals surface area contributed by atoms with Crippen molar-refractivity contribution in [1.29, 1.82) is 0 Å². The van der Waals surface area contributed by atoms with Gasteiger partial charge in [-0.1, -0.05) is 69.7 Å². The lowest BCUT2D eigenvalue weighted by Crippen LogP contribution is -2.64. The van der Waals surface area contributed by atoms with E-state index in [-0.39, 0.29) is 47.6 Å². The van der Waals surface area contributed by atoms with Crippen molar-refractivity contribution in [2.75, 3.05) is 35.4 Å². The topological polar surface area (TPSA) is 208 Å². The lowest BCUT2D eigenvalue weighted by atomic mass is 9.78. The molecule has 2 atom stereocenters. The molecule has 6 rings (SSSR count). The van der Waals surface area contributed by atoms with E-state index in [0.717, 1.165) is 12.0 Å². The molecule has 0 saturated carbocycles. The Morgan fingerprint density at radius 3 is 2.31 bits per heavy atom. The third kappa shape index (κ3) is 11.8. The Hall–Kier alpha value is -6.37. The summed E-state index contributed by atoms with van der Waals surface area (Å²) in [5.41, 5.74) is 0.643. The van der Waals surface area contributed by atoms with Gasteiger partial charge in [-0.3, -0.25) is 19.2 Å². The second-order valence-electron chi connectivity index (χ2n) is 17.8. The summed E-state index contributed by atoms with van der Waals surface area (Å²) in [6.07, 6.45) is 5.83. The maximum absolute atomic E-state index is 14.7. The predicted octanol–water partition coefficient (Wildman–Crippen LogP) is 6.78. The number of hydrogen-bond donors (Lipinski definition) is 3. The van der Waals surface area contributed by atoms with E-state index in [1.807, 2.05) is 53.7 Å². The van der Waals surface area contributed by atoms with Crippen LogP contribution in [0.25, 0.3) is 0 Å². The molecule has 67 heavy (non-hydrogen) atoms. The van der Waals surface area contributed by atoms with Gasteiger partial charge in [-0.2, -0.15) is 4.72 Å². The molecule has 3 aromatic carbocycles. The minimum Gasteiger partial charge on any atom is -0.491 e. The van der Waals surface area contributed by atoms with Crippen molar-refractivity contribution < 1.29 is 46.6 Å². The molecule has 0 aliphatic carbocycles. The Kier molecular flexibility index (Phi) is 16.1. The number of imidazole rings is 1. The fourth-order valence-electron chi connectivity index (χ4n) is 8.93.